The minimum Gasteiger partial charge on any atom is -0.465 e. The molecule has 0 spiro atoms. The first kappa shape index (κ1) is 12.6. The highest BCUT2D eigenvalue weighted by Crippen LogP contribution is 2.25. The quantitative estimate of drug-likeness (QED) is 0.795. The van der Waals surface area contributed by atoms with Crippen LogP contribution in [0.1, 0.15) is 30.4 Å². The summed E-state index contributed by atoms with van der Waals surface area (Å²) in [4.78, 5) is 2.39. The van der Waals surface area contributed by atoms with Crippen LogP contribution in [0.25, 0.3) is 0 Å². The molecule has 1 aliphatic rings. The average Bonchev–Trinajstić information content (AvgIpc) is 2.77. The molecule has 2 heterocycles. The topological polar surface area (TPSA) is 45.8 Å². The van der Waals surface area contributed by atoms with Crippen LogP contribution < -0.4 is 0 Å². The van der Waals surface area contributed by atoms with Crippen LogP contribution in [0, 0.1) is 6.92 Å². The standard InChI is InChI=1S/C13H21NO3/c1-11-4-5-13(17-11)12-10-16-9-7-14(12)6-2-3-8-15/h4-5,12,15H,2-3,6-10H2,1H3. The number of nitrogens with zero attached hydrogens (tertiary/aromatic N) is 1. The third kappa shape index (κ3) is 3.31. The summed E-state index contributed by atoms with van der Waals surface area (Å²) in [5.41, 5.74) is 0. The van der Waals surface area contributed by atoms with Gasteiger partial charge < -0.3 is 14.3 Å². The Labute approximate surface area is 102 Å². The molecular weight excluding hydrogens is 218 g/mol. The van der Waals surface area contributed by atoms with E-state index in [1.165, 1.54) is 0 Å². The van der Waals surface area contributed by atoms with Gasteiger partial charge in [0, 0.05) is 13.2 Å². The Morgan fingerprint density at radius 3 is 3.00 bits per heavy atom. The average molecular weight is 239 g/mol. The van der Waals surface area contributed by atoms with Gasteiger partial charge in [-0.15, -0.1) is 0 Å². The van der Waals surface area contributed by atoms with E-state index in [-0.39, 0.29) is 12.6 Å². The first-order chi connectivity index (χ1) is 8.31. The largest absolute Gasteiger partial charge is 0.465 e. The Hall–Kier alpha value is -0.840. The lowest BCUT2D eigenvalue weighted by atomic mass is 10.1. The van der Waals surface area contributed by atoms with Crippen molar-refractivity contribution in [3.05, 3.63) is 23.7 Å². The number of aryl methyl sites for hydroxylation is 1. The van der Waals surface area contributed by atoms with Gasteiger partial charge in [-0.2, -0.15) is 0 Å². The summed E-state index contributed by atoms with van der Waals surface area (Å²) >= 11 is 0. The van der Waals surface area contributed by atoms with Crippen LogP contribution in [0.2, 0.25) is 0 Å². The molecule has 0 saturated carbocycles. The van der Waals surface area contributed by atoms with E-state index in [1.807, 2.05) is 19.1 Å². The molecule has 17 heavy (non-hydrogen) atoms. The molecule has 4 heteroatoms. The van der Waals surface area contributed by atoms with Gasteiger partial charge in [0.15, 0.2) is 0 Å². The van der Waals surface area contributed by atoms with Gasteiger partial charge >= 0.3 is 0 Å². The van der Waals surface area contributed by atoms with Gasteiger partial charge in [0.25, 0.3) is 0 Å². The van der Waals surface area contributed by atoms with E-state index < -0.39 is 0 Å². The molecule has 1 unspecified atom stereocenters. The first-order valence-corrected chi connectivity index (χ1v) is 6.30. The zero-order chi connectivity index (χ0) is 12.1. The first-order valence-electron chi connectivity index (χ1n) is 6.30. The number of unbranched alkanes of at least 4 members (excludes halogenated alkanes) is 1. The van der Waals surface area contributed by atoms with E-state index in [0.29, 0.717) is 6.61 Å². The smallest absolute Gasteiger partial charge is 0.123 e. The number of aliphatic hydroxyl groups excluding tert-OH is 1. The molecule has 1 fully saturated rings. The SMILES string of the molecule is Cc1ccc(C2COCCN2CCCCO)o1. The maximum Gasteiger partial charge on any atom is 0.123 e. The van der Waals surface area contributed by atoms with Gasteiger partial charge in [-0.05, 0) is 38.4 Å². The van der Waals surface area contributed by atoms with Crippen molar-refractivity contribution in [3.63, 3.8) is 0 Å². The molecule has 0 aromatic carbocycles. The van der Waals surface area contributed by atoms with Crippen molar-refractivity contribution in [2.24, 2.45) is 0 Å². The predicted octanol–water partition coefficient (Wildman–Crippen LogP) is 1.73. The molecule has 0 bridgehead atoms. The molecule has 0 aliphatic carbocycles. The number of ether oxygens (including phenoxy) is 1. The van der Waals surface area contributed by atoms with Gasteiger partial charge in [0.05, 0.1) is 19.3 Å². The summed E-state index contributed by atoms with van der Waals surface area (Å²) in [5.74, 6) is 1.94. The minimum atomic E-state index is 0.233. The summed E-state index contributed by atoms with van der Waals surface area (Å²) in [6.45, 7) is 5.66. The van der Waals surface area contributed by atoms with Crippen LogP contribution in [-0.2, 0) is 4.74 Å². The van der Waals surface area contributed by atoms with Crippen molar-refractivity contribution >= 4 is 0 Å². The zero-order valence-electron chi connectivity index (χ0n) is 10.4. The lowest BCUT2D eigenvalue weighted by molar-refractivity contribution is -0.0172. The monoisotopic (exact) mass is 239 g/mol. The summed E-state index contributed by atoms with van der Waals surface area (Å²) in [5, 5.41) is 8.82. The molecule has 1 aromatic heterocycles. The van der Waals surface area contributed by atoms with E-state index in [4.69, 9.17) is 14.3 Å². The van der Waals surface area contributed by atoms with E-state index in [0.717, 1.165) is 44.1 Å². The number of morpholine rings is 1. The van der Waals surface area contributed by atoms with Crippen LogP contribution in [-0.4, -0.2) is 42.9 Å². The van der Waals surface area contributed by atoms with Crippen LogP contribution in [0.15, 0.2) is 16.5 Å². The van der Waals surface area contributed by atoms with E-state index in [2.05, 4.69) is 4.90 Å². The van der Waals surface area contributed by atoms with Crippen LogP contribution in [0.5, 0.6) is 0 Å². The highest BCUT2D eigenvalue weighted by Gasteiger charge is 2.26. The fourth-order valence-electron chi connectivity index (χ4n) is 2.23. The fraction of sp³-hybridized carbons (Fsp3) is 0.692. The van der Waals surface area contributed by atoms with Crippen LogP contribution in [0.4, 0.5) is 0 Å². The van der Waals surface area contributed by atoms with Crippen LogP contribution in [0.3, 0.4) is 0 Å². The fourth-order valence-corrected chi connectivity index (χ4v) is 2.23. The second-order valence-electron chi connectivity index (χ2n) is 4.51. The van der Waals surface area contributed by atoms with Crippen molar-refractivity contribution in [2.75, 3.05) is 32.9 Å². The maximum absolute atomic E-state index is 8.82. The molecule has 2 rings (SSSR count). The molecular formula is C13H21NO3. The highest BCUT2D eigenvalue weighted by molar-refractivity contribution is 5.10. The highest BCUT2D eigenvalue weighted by atomic mass is 16.5. The molecule has 1 atom stereocenters. The lowest BCUT2D eigenvalue weighted by Crippen LogP contribution is -2.39. The second-order valence-corrected chi connectivity index (χ2v) is 4.51. The molecule has 1 N–H and O–H groups in total. The van der Waals surface area contributed by atoms with Crippen LogP contribution >= 0.6 is 0 Å². The molecule has 96 valence electrons. The molecule has 1 saturated heterocycles. The number of hydrogen-bond donors (Lipinski definition) is 1. The van der Waals surface area contributed by atoms with Crippen molar-refractivity contribution in [1.82, 2.24) is 4.90 Å². The number of hydrogen-bond acceptors (Lipinski definition) is 4. The predicted molar refractivity (Wildman–Crippen MR) is 64.9 cm³/mol. The number of furan rings is 1. The van der Waals surface area contributed by atoms with Crippen molar-refractivity contribution < 1.29 is 14.3 Å². The molecule has 1 aliphatic heterocycles. The van der Waals surface area contributed by atoms with E-state index in [1.54, 1.807) is 0 Å². The Morgan fingerprint density at radius 2 is 2.29 bits per heavy atom. The summed E-state index contributed by atoms with van der Waals surface area (Å²) in [6, 6.07) is 4.26. The molecule has 0 radical (unpaired) electrons. The summed E-state index contributed by atoms with van der Waals surface area (Å²) in [7, 11) is 0. The Balaban J connectivity index is 1.96. The summed E-state index contributed by atoms with van der Waals surface area (Å²) in [6.07, 6.45) is 1.88. The maximum atomic E-state index is 8.82. The summed E-state index contributed by atoms with van der Waals surface area (Å²) < 4.78 is 11.2. The number of rotatable bonds is 5. The normalized spacial score (nSPS) is 21.9. The third-order valence-electron chi connectivity index (χ3n) is 3.18. The minimum absolute atomic E-state index is 0.233. The number of aliphatic hydroxyl groups is 1. The Kier molecular flexibility index (Phi) is 4.59. The Bertz CT molecular complexity index is 337. The molecule has 1 aromatic rings. The van der Waals surface area contributed by atoms with Gasteiger partial charge in [0.2, 0.25) is 0 Å². The molecule has 4 nitrogen and oxygen atoms in total. The van der Waals surface area contributed by atoms with Gasteiger partial charge in [-0.3, -0.25) is 4.90 Å². The second kappa shape index (κ2) is 6.19. The van der Waals surface area contributed by atoms with Gasteiger partial charge in [-0.1, -0.05) is 0 Å². The lowest BCUT2D eigenvalue weighted by Gasteiger charge is -2.34. The molecule has 0 amide bonds. The van der Waals surface area contributed by atoms with E-state index in [9.17, 15) is 0 Å². The third-order valence-corrected chi connectivity index (χ3v) is 3.18. The van der Waals surface area contributed by atoms with Gasteiger partial charge in [-0.25, -0.2) is 0 Å². The van der Waals surface area contributed by atoms with Crippen molar-refractivity contribution in [3.8, 4) is 0 Å². The Morgan fingerprint density at radius 1 is 1.41 bits per heavy atom. The van der Waals surface area contributed by atoms with Crippen molar-refractivity contribution in [1.29, 1.82) is 0 Å². The van der Waals surface area contributed by atoms with Crippen molar-refractivity contribution in [2.45, 2.75) is 25.8 Å². The van der Waals surface area contributed by atoms with E-state index >= 15 is 0 Å². The zero-order valence-corrected chi connectivity index (χ0v) is 10.4. The van der Waals surface area contributed by atoms with Gasteiger partial charge in [0.1, 0.15) is 11.5 Å².